The Morgan fingerprint density at radius 1 is 0.810 bits per heavy atom. The zero-order valence-electron chi connectivity index (χ0n) is 47.7. The monoisotopic (exact) mass is 1140 g/mol. The molecule has 0 spiro atoms. The van der Waals surface area contributed by atoms with Gasteiger partial charge in [0, 0.05) is 92.2 Å². The Kier molecular flexibility index (Phi) is 17.4. The zero-order chi connectivity index (χ0) is 59.6. The van der Waals surface area contributed by atoms with Crippen molar-refractivity contribution >= 4 is 63.8 Å². The second-order valence-corrected chi connectivity index (χ2v) is 22.9. The van der Waals surface area contributed by atoms with Crippen LogP contribution in [0.15, 0.2) is 83.7 Å². The number of imide groups is 1. The molecular formula is C65H69N5O14. The number of aryl methyl sites for hydroxylation is 2. The zero-order valence-corrected chi connectivity index (χ0v) is 47.7. The summed E-state index contributed by atoms with van der Waals surface area (Å²) in [7, 11) is 0. The molecular weight excluding hydrogens is 1070 g/mol. The Balaban J connectivity index is 0.754. The van der Waals surface area contributed by atoms with Gasteiger partial charge in [-0.1, -0.05) is 75.4 Å². The van der Waals surface area contributed by atoms with Crippen LogP contribution in [-0.4, -0.2) is 111 Å². The summed E-state index contributed by atoms with van der Waals surface area (Å²) in [6.07, 6.45) is 4.51. The van der Waals surface area contributed by atoms with Gasteiger partial charge < -0.3 is 34.5 Å². The molecule has 3 aliphatic heterocycles. The van der Waals surface area contributed by atoms with Crippen LogP contribution in [0, 0.1) is 11.8 Å². The van der Waals surface area contributed by atoms with Crippen LogP contribution in [0.3, 0.4) is 0 Å². The second-order valence-electron chi connectivity index (χ2n) is 22.9. The highest BCUT2D eigenvalue weighted by Crippen LogP contribution is 2.46. The number of esters is 2. The van der Waals surface area contributed by atoms with Crippen molar-refractivity contribution in [3.8, 4) is 22.5 Å². The van der Waals surface area contributed by atoms with E-state index in [9.17, 15) is 53.1 Å². The Morgan fingerprint density at radius 3 is 2.21 bits per heavy atom. The van der Waals surface area contributed by atoms with Crippen LogP contribution in [0.1, 0.15) is 136 Å². The summed E-state index contributed by atoms with van der Waals surface area (Å²) < 4.78 is 18.5. The van der Waals surface area contributed by atoms with Crippen molar-refractivity contribution in [2.45, 2.75) is 141 Å². The lowest BCUT2D eigenvalue weighted by atomic mass is 9.83. The molecule has 4 atom stereocenters. The number of cyclic esters (lactones) is 1. The number of aliphatic hydroxyl groups is 1. The van der Waals surface area contributed by atoms with Crippen molar-refractivity contribution in [3.63, 3.8) is 0 Å². The van der Waals surface area contributed by atoms with Crippen LogP contribution < -0.4 is 16.2 Å². The summed E-state index contributed by atoms with van der Waals surface area (Å²) in [5.41, 5.74) is 7.83. The van der Waals surface area contributed by atoms with Gasteiger partial charge in [-0.15, -0.1) is 0 Å². The Morgan fingerprint density at radius 2 is 1.51 bits per heavy atom. The molecule has 10 rings (SSSR count). The third-order valence-corrected chi connectivity index (χ3v) is 17.2. The van der Waals surface area contributed by atoms with Crippen LogP contribution in [0.4, 0.5) is 0 Å². The molecule has 0 saturated heterocycles. The smallest absolute Gasteiger partial charge is 0.343 e. The normalized spacial score (nSPS) is 17.5. The highest BCUT2D eigenvalue weighted by Gasteiger charge is 2.46. The summed E-state index contributed by atoms with van der Waals surface area (Å²) in [5, 5.41) is 17.9. The van der Waals surface area contributed by atoms with Crippen LogP contribution in [0.25, 0.3) is 33.4 Å². The molecule has 5 aromatic rings. The summed E-state index contributed by atoms with van der Waals surface area (Å²) in [6.45, 7) is 7.07. The molecule has 19 heteroatoms. The minimum absolute atomic E-state index is 0.000345. The van der Waals surface area contributed by atoms with Gasteiger partial charge >= 0.3 is 11.9 Å². The molecule has 438 valence electrons. The van der Waals surface area contributed by atoms with E-state index < -0.39 is 59.2 Å². The van der Waals surface area contributed by atoms with E-state index in [1.807, 2.05) is 74.5 Å². The van der Waals surface area contributed by atoms with E-state index in [4.69, 9.17) is 19.2 Å². The number of nitrogens with one attached hydrogen (secondary N) is 2. The van der Waals surface area contributed by atoms with Crippen molar-refractivity contribution in [1.29, 1.82) is 0 Å². The average Bonchev–Trinajstić information content (AvgIpc) is 1.62. The molecule has 0 fully saturated rings. The maximum absolute atomic E-state index is 14.1. The number of carbonyl (C=O) groups is 9. The van der Waals surface area contributed by atoms with Gasteiger partial charge in [0.2, 0.25) is 11.8 Å². The highest BCUT2D eigenvalue weighted by atomic mass is 16.6. The summed E-state index contributed by atoms with van der Waals surface area (Å²) >= 11 is 0. The number of carbonyl (C=O) groups excluding carboxylic acids is 9. The van der Waals surface area contributed by atoms with Crippen molar-refractivity contribution in [3.05, 3.63) is 134 Å². The Labute approximate surface area is 485 Å². The van der Waals surface area contributed by atoms with Gasteiger partial charge in [-0.25, -0.2) is 14.6 Å². The molecule has 19 nitrogen and oxygen atoms in total. The van der Waals surface area contributed by atoms with E-state index in [-0.39, 0.29) is 137 Å². The lowest BCUT2D eigenvalue weighted by Crippen LogP contribution is -2.44. The average molecular weight is 1140 g/mol. The van der Waals surface area contributed by atoms with E-state index in [0.29, 0.717) is 29.7 Å². The molecule has 84 heavy (non-hydrogen) atoms. The Bertz CT molecular complexity index is 3570. The third kappa shape index (κ3) is 11.8. The fourth-order valence-electron chi connectivity index (χ4n) is 12.5. The highest BCUT2D eigenvalue weighted by molar-refractivity contribution is 6.13. The van der Waals surface area contributed by atoms with E-state index in [0.717, 1.165) is 79.8 Å². The Hall–Kier alpha value is -8.29. The molecule has 5 aliphatic rings. The first-order valence-electron chi connectivity index (χ1n) is 29.1. The number of amides is 4. The number of hydrogen-bond acceptors (Lipinski definition) is 15. The second kappa shape index (κ2) is 24.9. The first kappa shape index (κ1) is 58.9. The first-order chi connectivity index (χ1) is 40.4. The lowest BCUT2D eigenvalue weighted by molar-refractivity contribution is -0.172. The van der Waals surface area contributed by atoms with Gasteiger partial charge in [0.05, 0.1) is 41.7 Å². The molecule has 4 amide bonds. The number of pyridine rings is 2. The topological polar surface area (TPSA) is 264 Å². The predicted molar refractivity (Wildman–Crippen MR) is 307 cm³/mol. The quantitative estimate of drug-likeness (QED) is 0.0314. The number of benzene rings is 3. The van der Waals surface area contributed by atoms with Gasteiger partial charge in [-0.2, -0.15) is 0 Å². The molecule has 0 bridgehead atoms. The summed E-state index contributed by atoms with van der Waals surface area (Å²) in [5.74, 6) is -5.51. The maximum atomic E-state index is 14.1. The SMILES string of the molecule is CC[C@@]1(O)C(=O)OCc2c1cc1n(c2=O)Cc2c-1nc1ccc(CC(=O)[C@H](C)NC(=O)[C@@H](CC(=O)CC[C@H](NC(=O)CCOCCCC(=O)CCN3C(=O)C=CC3=O)C(=O)OCC3c4ccccc4-c4ccccc43)C(C)C)c3c1c2CCC3. The number of ketones is 3. The van der Waals surface area contributed by atoms with Crippen LogP contribution >= 0.6 is 0 Å². The number of nitrogens with zero attached hydrogens (tertiary/aromatic N) is 3. The van der Waals surface area contributed by atoms with Gasteiger partial charge in [-0.05, 0) is 102 Å². The van der Waals surface area contributed by atoms with E-state index in [1.54, 1.807) is 24.5 Å². The van der Waals surface area contributed by atoms with E-state index in [1.165, 1.54) is 0 Å². The minimum Gasteiger partial charge on any atom is -0.463 e. The number of hydrogen-bond donors (Lipinski definition) is 3. The molecule has 2 aliphatic carbocycles. The number of aromatic nitrogens is 2. The lowest BCUT2D eigenvalue weighted by Gasteiger charge is -2.31. The van der Waals surface area contributed by atoms with Crippen molar-refractivity contribution < 1.29 is 62.5 Å². The van der Waals surface area contributed by atoms with E-state index in [2.05, 4.69) is 10.6 Å². The molecule has 3 aromatic carbocycles. The number of rotatable bonds is 26. The summed E-state index contributed by atoms with van der Waals surface area (Å²) in [6, 6.07) is 19.1. The van der Waals surface area contributed by atoms with Crippen LogP contribution in [0.5, 0.6) is 0 Å². The third-order valence-electron chi connectivity index (χ3n) is 17.2. The largest absolute Gasteiger partial charge is 0.463 e. The molecule has 3 N–H and O–H groups in total. The molecule has 5 heterocycles. The minimum atomic E-state index is -1.95. The van der Waals surface area contributed by atoms with Crippen LogP contribution in [0.2, 0.25) is 0 Å². The molecule has 2 aromatic heterocycles. The first-order valence-corrected chi connectivity index (χ1v) is 29.1. The van der Waals surface area contributed by atoms with Gasteiger partial charge in [0.15, 0.2) is 11.4 Å². The predicted octanol–water partition coefficient (Wildman–Crippen LogP) is 6.11. The maximum Gasteiger partial charge on any atom is 0.343 e. The van der Waals surface area contributed by atoms with Gasteiger partial charge in [0.1, 0.15) is 30.8 Å². The number of fused-ring (bicyclic) bond motifs is 8. The number of ether oxygens (including phenoxy) is 3. The fraction of sp³-hybridized carbons (Fsp3) is 0.431. The van der Waals surface area contributed by atoms with Crippen molar-refractivity contribution in [2.24, 2.45) is 11.8 Å². The van der Waals surface area contributed by atoms with Crippen molar-refractivity contribution in [1.82, 2.24) is 25.1 Å². The summed E-state index contributed by atoms with van der Waals surface area (Å²) in [4.78, 5) is 138. The fourth-order valence-corrected chi connectivity index (χ4v) is 12.5. The molecule has 0 radical (unpaired) electrons. The molecule has 0 unspecified atom stereocenters. The van der Waals surface area contributed by atoms with Gasteiger partial charge in [-0.3, -0.25) is 43.3 Å². The molecule has 0 saturated carbocycles. The van der Waals surface area contributed by atoms with Crippen molar-refractivity contribution in [2.75, 3.05) is 26.4 Å². The van der Waals surface area contributed by atoms with Crippen LogP contribution in [-0.2, 0) is 95.4 Å². The standard InChI is InChI=1S/C65H69N5O14/c1-5-65(81)51-32-54-60-48(33-70(54)62(78)50(51)35-84-64(65)80)46-18-10-17-41-38(19-21-52(68-60)59(41)46)30-55(73)37(4)66-61(77)47(36(2)3)31-40(72)20-22-53(63(79)83-34-49-44-15-8-6-13-42(44)43-14-7-9-16-45(43)49)67-56(74)26-29-82-28-11-12-39(71)25-27-69-57(75)23-24-58(69)76/h6-9,13-16,19,21,23-24,32,36-37,47,49,53,81H,5,10-12,17-18,20,22,25-31,33-35H2,1-4H3,(H,66,77)(H,67,74)/t37-,47-,53-,65-/m0/s1. The van der Waals surface area contributed by atoms with E-state index >= 15 is 0 Å². The van der Waals surface area contributed by atoms with Gasteiger partial charge in [0.25, 0.3) is 17.4 Å². The number of Topliss-reactive ketones (excluding diaryl/α,β-unsaturated/α-hetero) is 3.